The molecule has 2 atom stereocenters. The van der Waals surface area contributed by atoms with Gasteiger partial charge in [0.1, 0.15) is 17.5 Å². The lowest BCUT2D eigenvalue weighted by Crippen LogP contribution is -2.45. The van der Waals surface area contributed by atoms with Gasteiger partial charge in [-0.2, -0.15) is 0 Å². The third-order valence-corrected chi connectivity index (χ3v) is 4.83. The van der Waals surface area contributed by atoms with Gasteiger partial charge in [-0.15, -0.1) is 0 Å². The maximum Gasteiger partial charge on any atom is 0.326 e. The second kappa shape index (κ2) is 10.1. The molecule has 8 nitrogen and oxygen atoms in total. The largest absolute Gasteiger partial charge is 0.480 e. The number of carbonyl (C=O) groups is 3. The van der Waals surface area contributed by atoms with Gasteiger partial charge in [0.25, 0.3) is 5.91 Å². The van der Waals surface area contributed by atoms with Crippen molar-refractivity contribution in [2.24, 2.45) is 0 Å². The van der Waals surface area contributed by atoms with Gasteiger partial charge < -0.3 is 24.8 Å². The second-order valence-electron chi connectivity index (χ2n) is 7.56. The highest BCUT2D eigenvalue weighted by molar-refractivity contribution is 5.97. The fraction of sp³-hybridized carbons (Fsp3) is 0.348. The lowest BCUT2D eigenvalue weighted by atomic mass is 10.2. The SMILES string of the molecule is CC(C)O[C@@H]1C[C@@H](C(=O)O)N(C(=O)CNC(=O)c2ccc(Oc3ccccc3)cc2)C1. The van der Waals surface area contributed by atoms with E-state index >= 15 is 0 Å². The average molecular weight is 426 g/mol. The highest BCUT2D eigenvalue weighted by Gasteiger charge is 2.40. The van der Waals surface area contributed by atoms with Crippen molar-refractivity contribution in [3.8, 4) is 11.5 Å². The number of carboxylic acids is 1. The van der Waals surface area contributed by atoms with Crippen LogP contribution in [0.5, 0.6) is 11.5 Å². The number of rotatable bonds is 8. The van der Waals surface area contributed by atoms with E-state index in [1.54, 1.807) is 24.3 Å². The number of likely N-dealkylation sites (tertiary alicyclic amines) is 1. The van der Waals surface area contributed by atoms with Crippen LogP contribution in [0.2, 0.25) is 0 Å². The Morgan fingerprint density at radius 1 is 1.06 bits per heavy atom. The molecule has 0 radical (unpaired) electrons. The molecule has 31 heavy (non-hydrogen) atoms. The van der Waals surface area contributed by atoms with E-state index in [9.17, 15) is 19.5 Å². The van der Waals surface area contributed by atoms with Gasteiger partial charge in [0, 0.05) is 18.5 Å². The molecule has 0 unspecified atom stereocenters. The van der Waals surface area contributed by atoms with E-state index in [1.807, 2.05) is 44.2 Å². The summed E-state index contributed by atoms with van der Waals surface area (Å²) in [5.74, 6) is -0.705. The Hall–Kier alpha value is -3.39. The van der Waals surface area contributed by atoms with Crippen LogP contribution in [0.4, 0.5) is 0 Å². The molecule has 2 N–H and O–H groups in total. The van der Waals surface area contributed by atoms with Crippen LogP contribution in [0.15, 0.2) is 54.6 Å². The molecule has 0 bridgehead atoms. The number of benzene rings is 2. The predicted molar refractivity (Wildman–Crippen MR) is 113 cm³/mol. The zero-order chi connectivity index (χ0) is 22.4. The van der Waals surface area contributed by atoms with Gasteiger partial charge >= 0.3 is 5.97 Å². The number of carbonyl (C=O) groups excluding carboxylic acids is 2. The monoisotopic (exact) mass is 426 g/mol. The van der Waals surface area contributed by atoms with E-state index in [0.29, 0.717) is 17.1 Å². The van der Waals surface area contributed by atoms with E-state index in [2.05, 4.69) is 5.32 Å². The fourth-order valence-electron chi connectivity index (χ4n) is 3.45. The van der Waals surface area contributed by atoms with Gasteiger partial charge in [-0.05, 0) is 50.2 Å². The minimum atomic E-state index is -1.08. The van der Waals surface area contributed by atoms with Crippen molar-refractivity contribution in [1.82, 2.24) is 10.2 Å². The zero-order valence-electron chi connectivity index (χ0n) is 17.5. The smallest absolute Gasteiger partial charge is 0.326 e. The van der Waals surface area contributed by atoms with Crippen LogP contribution in [0.25, 0.3) is 0 Å². The van der Waals surface area contributed by atoms with Crippen LogP contribution in [0.3, 0.4) is 0 Å². The fourth-order valence-corrected chi connectivity index (χ4v) is 3.45. The Balaban J connectivity index is 1.54. The molecule has 3 rings (SSSR count). The Kier molecular flexibility index (Phi) is 7.25. The maximum atomic E-state index is 12.6. The summed E-state index contributed by atoms with van der Waals surface area (Å²) in [6, 6.07) is 14.8. The van der Waals surface area contributed by atoms with E-state index in [0.717, 1.165) is 0 Å². The van der Waals surface area contributed by atoms with Crippen LogP contribution in [0, 0.1) is 0 Å². The molecule has 0 saturated carbocycles. The number of amides is 2. The Labute approximate surface area is 180 Å². The number of nitrogens with zero attached hydrogens (tertiary/aromatic N) is 1. The van der Waals surface area contributed by atoms with Gasteiger partial charge in [-0.3, -0.25) is 9.59 Å². The van der Waals surface area contributed by atoms with E-state index < -0.39 is 23.8 Å². The highest BCUT2D eigenvalue weighted by atomic mass is 16.5. The molecule has 1 fully saturated rings. The number of hydrogen-bond acceptors (Lipinski definition) is 5. The standard InChI is InChI=1S/C23H26N2O6/c1-15(2)30-19-12-20(23(28)29)25(14-19)21(26)13-24-22(27)16-8-10-18(11-9-16)31-17-6-4-3-5-7-17/h3-11,15,19-20H,12-14H2,1-2H3,(H,24,27)(H,28,29)/t19-,20+/m1/s1. The lowest BCUT2D eigenvalue weighted by molar-refractivity contribution is -0.147. The Morgan fingerprint density at radius 3 is 2.32 bits per heavy atom. The predicted octanol–water partition coefficient (Wildman–Crippen LogP) is 2.69. The van der Waals surface area contributed by atoms with Crippen molar-refractivity contribution >= 4 is 17.8 Å². The van der Waals surface area contributed by atoms with Gasteiger partial charge in [0.05, 0.1) is 18.8 Å². The quantitative estimate of drug-likeness (QED) is 0.672. The molecule has 2 aromatic rings. The lowest BCUT2D eigenvalue weighted by Gasteiger charge is -2.21. The topological polar surface area (TPSA) is 105 Å². The number of carboxylic acid groups (broad SMARTS) is 1. The molecule has 0 aromatic heterocycles. The third-order valence-electron chi connectivity index (χ3n) is 4.83. The number of para-hydroxylation sites is 1. The van der Waals surface area contributed by atoms with Gasteiger partial charge in [-0.25, -0.2) is 4.79 Å². The summed E-state index contributed by atoms with van der Waals surface area (Å²) >= 11 is 0. The summed E-state index contributed by atoms with van der Waals surface area (Å²) in [4.78, 5) is 37.7. The average Bonchev–Trinajstić information content (AvgIpc) is 3.16. The van der Waals surface area contributed by atoms with Crippen molar-refractivity contribution in [1.29, 1.82) is 0 Å². The maximum absolute atomic E-state index is 12.6. The normalized spacial score (nSPS) is 18.1. The van der Waals surface area contributed by atoms with Gasteiger partial charge in [-0.1, -0.05) is 18.2 Å². The summed E-state index contributed by atoms with van der Waals surface area (Å²) in [6.07, 6.45) is -0.170. The van der Waals surface area contributed by atoms with E-state index in [1.165, 1.54) is 4.90 Å². The van der Waals surface area contributed by atoms with E-state index in [4.69, 9.17) is 9.47 Å². The Bertz CT molecular complexity index is 913. The third kappa shape index (κ3) is 6.05. The van der Waals surface area contributed by atoms with Crippen LogP contribution in [-0.2, 0) is 14.3 Å². The number of nitrogens with one attached hydrogen (secondary N) is 1. The number of aliphatic carboxylic acids is 1. The van der Waals surface area contributed by atoms with Crippen LogP contribution < -0.4 is 10.1 Å². The van der Waals surface area contributed by atoms with Crippen molar-refractivity contribution in [3.63, 3.8) is 0 Å². The molecular weight excluding hydrogens is 400 g/mol. The molecular formula is C23H26N2O6. The number of hydrogen-bond donors (Lipinski definition) is 2. The highest BCUT2D eigenvalue weighted by Crippen LogP contribution is 2.23. The number of ether oxygens (including phenoxy) is 2. The van der Waals surface area contributed by atoms with Gasteiger partial charge in [0.2, 0.25) is 5.91 Å². The van der Waals surface area contributed by atoms with Crippen LogP contribution >= 0.6 is 0 Å². The first-order valence-corrected chi connectivity index (χ1v) is 10.1. The molecule has 2 amide bonds. The van der Waals surface area contributed by atoms with Gasteiger partial charge in [0.15, 0.2) is 0 Å². The second-order valence-corrected chi connectivity index (χ2v) is 7.56. The van der Waals surface area contributed by atoms with Crippen LogP contribution in [-0.4, -0.2) is 59.1 Å². The molecule has 1 aliphatic heterocycles. The summed E-state index contributed by atoms with van der Waals surface area (Å²) in [5.41, 5.74) is 0.366. The van der Waals surface area contributed by atoms with Crippen molar-refractivity contribution in [2.45, 2.75) is 38.5 Å². The molecule has 1 heterocycles. The summed E-state index contributed by atoms with van der Waals surface area (Å²) in [6.45, 7) is 3.61. The molecule has 1 aliphatic rings. The summed E-state index contributed by atoms with van der Waals surface area (Å²) < 4.78 is 11.4. The molecule has 1 saturated heterocycles. The van der Waals surface area contributed by atoms with E-state index in [-0.39, 0.29) is 31.7 Å². The zero-order valence-corrected chi connectivity index (χ0v) is 17.5. The molecule has 164 valence electrons. The molecule has 8 heteroatoms. The minimum Gasteiger partial charge on any atom is -0.480 e. The Morgan fingerprint density at radius 2 is 1.71 bits per heavy atom. The molecule has 0 aliphatic carbocycles. The van der Waals surface area contributed by atoms with Crippen molar-refractivity contribution < 1.29 is 29.0 Å². The first-order valence-electron chi connectivity index (χ1n) is 10.1. The first-order chi connectivity index (χ1) is 14.8. The van der Waals surface area contributed by atoms with Crippen LogP contribution in [0.1, 0.15) is 30.6 Å². The molecule has 0 spiro atoms. The van der Waals surface area contributed by atoms with Crippen molar-refractivity contribution in [3.05, 3.63) is 60.2 Å². The molecule has 2 aromatic carbocycles. The van der Waals surface area contributed by atoms with Crippen molar-refractivity contribution in [2.75, 3.05) is 13.1 Å². The minimum absolute atomic E-state index is 0.0666. The summed E-state index contributed by atoms with van der Waals surface area (Å²) in [5, 5.41) is 12.0. The summed E-state index contributed by atoms with van der Waals surface area (Å²) in [7, 11) is 0. The first kappa shape index (κ1) is 22.3.